The van der Waals surface area contributed by atoms with Crippen LogP contribution in [0.2, 0.25) is 10.0 Å². The second-order valence-corrected chi connectivity index (χ2v) is 5.82. The Morgan fingerprint density at radius 3 is 2.44 bits per heavy atom. The third kappa shape index (κ3) is 3.21. The second kappa shape index (κ2) is 5.98. The highest BCUT2D eigenvalue weighted by atomic mass is 35.5. The molecule has 18 heavy (non-hydrogen) atoms. The van der Waals surface area contributed by atoms with E-state index in [1.165, 1.54) is 11.8 Å². The quantitative estimate of drug-likeness (QED) is 0.840. The van der Waals surface area contributed by atoms with Gasteiger partial charge in [0, 0.05) is 14.8 Å². The molecular formula is C14H12Cl2OS. The SMILES string of the molecule is C[C@@H](O)c1cc(Cl)ccc1Sc1ccccc1Cl. The molecule has 2 aromatic carbocycles. The summed E-state index contributed by atoms with van der Waals surface area (Å²) in [4.78, 5) is 1.92. The second-order valence-electron chi connectivity index (χ2n) is 3.89. The summed E-state index contributed by atoms with van der Waals surface area (Å²) in [5.41, 5.74) is 0.812. The molecule has 0 fully saturated rings. The Balaban J connectivity index is 2.37. The van der Waals surface area contributed by atoms with Crippen LogP contribution in [0.4, 0.5) is 0 Å². The number of hydrogen-bond acceptors (Lipinski definition) is 2. The molecule has 0 aliphatic rings. The highest BCUT2D eigenvalue weighted by molar-refractivity contribution is 7.99. The van der Waals surface area contributed by atoms with Crippen molar-refractivity contribution in [1.29, 1.82) is 0 Å². The number of aliphatic hydroxyl groups is 1. The molecule has 0 amide bonds. The molecule has 0 aromatic heterocycles. The maximum atomic E-state index is 9.77. The van der Waals surface area contributed by atoms with E-state index in [1.54, 1.807) is 13.0 Å². The lowest BCUT2D eigenvalue weighted by molar-refractivity contribution is 0.196. The Bertz CT molecular complexity index is 555. The molecule has 0 bridgehead atoms. The van der Waals surface area contributed by atoms with Gasteiger partial charge in [0.05, 0.1) is 11.1 Å². The molecule has 2 rings (SSSR count). The molecule has 0 spiro atoms. The summed E-state index contributed by atoms with van der Waals surface area (Å²) < 4.78 is 0. The summed E-state index contributed by atoms with van der Waals surface area (Å²) in [6.07, 6.45) is -0.561. The van der Waals surface area contributed by atoms with Gasteiger partial charge in [0.1, 0.15) is 0 Å². The molecule has 1 nitrogen and oxygen atoms in total. The van der Waals surface area contributed by atoms with Gasteiger partial charge in [0.25, 0.3) is 0 Å². The minimum Gasteiger partial charge on any atom is -0.389 e. The van der Waals surface area contributed by atoms with Crippen molar-refractivity contribution in [1.82, 2.24) is 0 Å². The summed E-state index contributed by atoms with van der Waals surface area (Å²) in [7, 11) is 0. The summed E-state index contributed by atoms with van der Waals surface area (Å²) >= 11 is 13.6. The Hall–Kier alpha value is -0.670. The van der Waals surface area contributed by atoms with Crippen LogP contribution < -0.4 is 0 Å². The zero-order valence-electron chi connectivity index (χ0n) is 9.73. The van der Waals surface area contributed by atoms with Crippen LogP contribution in [-0.2, 0) is 0 Å². The van der Waals surface area contributed by atoms with Crippen molar-refractivity contribution in [2.24, 2.45) is 0 Å². The minimum atomic E-state index is -0.561. The first-order chi connectivity index (χ1) is 8.58. The molecule has 0 radical (unpaired) electrons. The first-order valence-corrected chi connectivity index (χ1v) is 7.05. The van der Waals surface area contributed by atoms with Crippen LogP contribution in [0.25, 0.3) is 0 Å². The predicted molar refractivity (Wildman–Crippen MR) is 77.7 cm³/mol. The fourth-order valence-corrected chi connectivity index (χ4v) is 3.05. The molecule has 0 saturated heterocycles. The van der Waals surface area contributed by atoms with Crippen LogP contribution in [0, 0.1) is 0 Å². The smallest absolute Gasteiger partial charge is 0.0773 e. The largest absolute Gasteiger partial charge is 0.389 e. The maximum Gasteiger partial charge on any atom is 0.0773 e. The third-order valence-corrected chi connectivity index (χ3v) is 4.32. The molecule has 0 heterocycles. The van der Waals surface area contributed by atoms with Crippen LogP contribution >= 0.6 is 35.0 Å². The zero-order chi connectivity index (χ0) is 13.1. The first kappa shape index (κ1) is 13.8. The van der Waals surface area contributed by atoms with E-state index < -0.39 is 6.10 Å². The Morgan fingerprint density at radius 2 is 1.78 bits per heavy atom. The van der Waals surface area contributed by atoms with Crippen LogP contribution in [-0.4, -0.2) is 5.11 Å². The summed E-state index contributed by atoms with van der Waals surface area (Å²) in [5, 5.41) is 11.1. The number of benzene rings is 2. The van der Waals surface area contributed by atoms with Crippen molar-refractivity contribution in [2.45, 2.75) is 22.8 Å². The fraction of sp³-hybridized carbons (Fsp3) is 0.143. The van der Waals surface area contributed by atoms with Crippen molar-refractivity contribution >= 4 is 35.0 Å². The van der Waals surface area contributed by atoms with E-state index >= 15 is 0 Å². The lowest BCUT2D eigenvalue weighted by atomic mass is 10.1. The first-order valence-electron chi connectivity index (χ1n) is 5.48. The third-order valence-electron chi connectivity index (χ3n) is 2.48. The summed E-state index contributed by atoms with van der Waals surface area (Å²) in [6.45, 7) is 1.72. The van der Waals surface area contributed by atoms with Crippen molar-refractivity contribution in [3.8, 4) is 0 Å². The molecule has 0 saturated carbocycles. The molecule has 0 aliphatic heterocycles. The molecular weight excluding hydrogens is 287 g/mol. The number of halogens is 2. The standard InChI is InChI=1S/C14H12Cl2OS/c1-9(17)11-8-10(15)6-7-13(11)18-14-5-3-2-4-12(14)16/h2-9,17H,1H3/t9-/m1/s1. The normalized spacial score (nSPS) is 12.4. The highest BCUT2D eigenvalue weighted by Crippen LogP contribution is 2.37. The van der Waals surface area contributed by atoms with Crippen LogP contribution in [0.5, 0.6) is 0 Å². The van der Waals surface area contributed by atoms with Gasteiger partial charge in [0.2, 0.25) is 0 Å². The zero-order valence-corrected chi connectivity index (χ0v) is 12.1. The number of aliphatic hydroxyl groups excluding tert-OH is 1. The van der Waals surface area contributed by atoms with Gasteiger partial charge in [-0.05, 0) is 42.8 Å². The average molecular weight is 299 g/mol. The van der Waals surface area contributed by atoms with Gasteiger partial charge in [0.15, 0.2) is 0 Å². The van der Waals surface area contributed by atoms with E-state index in [0.29, 0.717) is 10.0 Å². The maximum absolute atomic E-state index is 9.77. The van der Waals surface area contributed by atoms with E-state index in [2.05, 4.69) is 0 Å². The van der Waals surface area contributed by atoms with Gasteiger partial charge in [-0.1, -0.05) is 47.1 Å². The highest BCUT2D eigenvalue weighted by Gasteiger charge is 2.11. The summed E-state index contributed by atoms with van der Waals surface area (Å²) in [6, 6.07) is 13.1. The Morgan fingerprint density at radius 1 is 1.06 bits per heavy atom. The van der Waals surface area contributed by atoms with Crippen molar-refractivity contribution < 1.29 is 5.11 Å². The van der Waals surface area contributed by atoms with Crippen molar-refractivity contribution in [3.05, 3.63) is 58.1 Å². The van der Waals surface area contributed by atoms with Gasteiger partial charge < -0.3 is 5.11 Å². The van der Waals surface area contributed by atoms with E-state index in [1.807, 2.05) is 36.4 Å². The molecule has 94 valence electrons. The monoisotopic (exact) mass is 298 g/mol. The van der Waals surface area contributed by atoms with E-state index in [-0.39, 0.29) is 0 Å². The topological polar surface area (TPSA) is 20.2 Å². The van der Waals surface area contributed by atoms with Gasteiger partial charge >= 0.3 is 0 Å². The minimum absolute atomic E-state index is 0.561. The van der Waals surface area contributed by atoms with E-state index in [4.69, 9.17) is 23.2 Å². The van der Waals surface area contributed by atoms with Gasteiger partial charge in [-0.2, -0.15) is 0 Å². The molecule has 0 aliphatic carbocycles. The lowest BCUT2D eigenvalue weighted by Crippen LogP contribution is -1.94. The Labute approximate surface area is 121 Å². The van der Waals surface area contributed by atoms with Crippen LogP contribution in [0.3, 0.4) is 0 Å². The molecule has 1 atom stereocenters. The van der Waals surface area contributed by atoms with E-state index in [0.717, 1.165) is 15.4 Å². The summed E-state index contributed by atoms with van der Waals surface area (Å²) in [5.74, 6) is 0. The van der Waals surface area contributed by atoms with Crippen LogP contribution in [0.1, 0.15) is 18.6 Å². The van der Waals surface area contributed by atoms with Crippen LogP contribution in [0.15, 0.2) is 52.3 Å². The van der Waals surface area contributed by atoms with E-state index in [9.17, 15) is 5.11 Å². The molecule has 1 N–H and O–H groups in total. The number of rotatable bonds is 3. The van der Waals surface area contributed by atoms with Gasteiger partial charge in [-0.25, -0.2) is 0 Å². The number of hydrogen-bond donors (Lipinski definition) is 1. The van der Waals surface area contributed by atoms with Gasteiger partial charge in [-0.15, -0.1) is 0 Å². The Kier molecular flexibility index (Phi) is 4.57. The predicted octanol–water partition coefficient (Wildman–Crippen LogP) is 5.20. The van der Waals surface area contributed by atoms with Crippen molar-refractivity contribution in [2.75, 3.05) is 0 Å². The van der Waals surface area contributed by atoms with Crippen molar-refractivity contribution in [3.63, 3.8) is 0 Å². The molecule has 4 heteroatoms. The fourth-order valence-electron chi connectivity index (χ4n) is 1.58. The van der Waals surface area contributed by atoms with Gasteiger partial charge in [-0.3, -0.25) is 0 Å². The average Bonchev–Trinajstić information content (AvgIpc) is 2.34. The lowest BCUT2D eigenvalue weighted by Gasteiger charge is -2.12. The molecule has 2 aromatic rings. The molecule has 0 unspecified atom stereocenters.